The van der Waals surface area contributed by atoms with Gasteiger partial charge in [-0.3, -0.25) is 0 Å². The maximum atomic E-state index is 12.0. The Morgan fingerprint density at radius 2 is 1.95 bits per heavy atom. The highest BCUT2D eigenvalue weighted by atomic mass is 19.3. The Labute approximate surface area is 113 Å². The fourth-order valence-electron chi connectivity index (χ4n) is 2.79. The fraction of sp³-hybridized carbons (Fsp3) is 0.600. The van der Waals surface area contributed by atoms with E-state index in [2.05, 4.69) is 23.9 Å². The highest BCUT2D eigenvalue weighted by molar-refractivity contribution is 5.47. The van der Waals surface area contributed by atoms with Gasteiger partial charge < -0.3 is 10.1 Å². The molecule has 0 aliphatic heterocycles. The minimum Gasteiger partial charge on any atom is -0.435 e. The van der Waals surface area contributed by atoms with E-state index in [1.54, 1.807) is 24.3 Å². The van der Waals surface area contributed by atoms with Gasteiger partial charge in [0.25, 0.3) is 0 Å². The second kappa shape index (κ2) is 5.76. The summed E-state index contributed by atoms with van der Waals surface area (Å²) in [5.41, 5.74) is 1.35. The van der Waals surface area contributed by atoms with E-state index in [0.717, 1.165) is 12.1 Å². The van der Waals surface area contributed by atoms with Crippen molar-refractivity contribution in [2.45, 2.75) is 52.2 Å². The number of alkyl halides is 2. The molecule has 1 aliphatic carbocycles. The van der Waals surface area contributed by atoms with Crippen molar-refractivity contribution in [2.24, 2.45) is 5.41 Å². The Balaban J connectivity index is 1.92. The normalized spacial score (nSPS) is 22.3. The van der Waals surface area contributed by atoms with Crippen LogP contribution in [0.15, 0.2) is 24.3 Å². The third kappa shape index (κ3) is 4.37. The monoisotopic (exact) mass is 269 g/mol. The van der Waals surface area contributed by atoms with E-state index < -0.39 is 6.61 Å². The number of benzene rings is 1. The van der Waals surface area contributed by atoms with Crippen LogP contribution in [0.3, 0.4) is 0 Å². The first kappa shape index (κ1) is 14.1. The minimum absolute atomic E-state index is 0.199. The van der Waals surface area contributed by atoms with Gasteiger partial charge in [-0.25, -0.2) is 0 Å². The SMILES string of the molecule is CC1(C)CCCC(Nc2ccc(OC(F)F)cc2)C1. The van der Waals surface area contributed by atoms with Crippen LogP contribution < -0.4 is 10.1 Å². The van der Waals surface area contributed by atoms with Gasteiger partial charge in [0.15, 0.2) is 0 Å². The third-order valence-electron chi connectivity index (χ3n) is 3.66. The summed E-state index contributed by atoms with van der Waals surface area (Å²) in [7, 11) is 0. The van der Waals surface area contributed by atoms with Crippen molar-refractivity contribution >= 4 is 5.69 Å². The zero-order valence-electron chi connectivity index (χ0n) is 11.5. The molecular weight excluding hydrogens is 248 g/mol. The number of hydrogen-bond donors (Lipinski definition) is 1. The Morgan fingerprint density at radius 3 is 2.53 bits per heavy atom. The molecule has 0 saturated heterocycles. The van der Waals surface area contributed by atoms with Crippen molar-refractivity contribution in [3.05, 3.63) is 24.3 Å². The number of rotatable bonds is 4. The van der Waals surface area contributed by atoms with Crippen LogP contribution in [-0.2, 0) is 0 Å². The van der Waals surface area contributed by atoms with E-state index in [1.165, 1.54) is 19.3 Å². The summed E-state index contributed by atoms with van der Waals surface area (Å²) in [6, 6.07) is 7.19. The average molecular weight is 269 g/mol. The molecule has 1 aliphatic rings. The van der Waals surface area contributed by atoms with E-state index in [9.17, 15) is 8.78 Å². The lowest BCUT2D eigenvalue weighted by atomic mass is 9.75. The van der Waals surface area contributed by atoms with Gasteiger partial charge in [0, 0.05) is 11.7 Å². The third-order valence-corrected chi connectivity index (χ3v) is 3.66. The molecule has 2 rings (SSSR count). The van der Waals surface area contributed by atoms with Crippen molar-refractivity contribution in [1.82, 2.24) is 0 Å². The lowest BCUT2D eigenvalue weighted by molar-refractivity contribution is -0.0498. The highest BCUT2D eigenvalue weighted by Crippen LogP contribution is 2.36. The van der Waals surface area contributed by atoms with Gasteiger partial charge in [-0.05, 0) is 48.9 Å². The molecule has 0 amide bonds. The van der Waals surface area contributed by atoms with Crippen molar-refractivity contribution in [3.8, 4) is 5.75 Å². The van der Waals surface area contributed by atoms with Gasteiger partial charge in [-0.1, -0.05) is 20.3 Å². The molecule has 0 radical (unpaired) electrons. The zero-order chi connectivity index (χ0) is 13.9. The van der Waals surface area contributed by atoms with Gasteiger partial charge in [-0.2, -0.15) is 8.78 Å². The summed E-state index contributed by atoms with van der Waals surface area (Å²) in [6.07, 6.45) is 4.81. The highest BCUT2D eigenvalue weighted by Gasteiger charge is 2.27. The molecule has 1 N–H and O–H groups in total. The fourth-order valence-corrected chi connectivity index (χ4v) is 2.79. The zero-order valence-corrected chi connectivity index (χ0v) is 11.5. The van der Waals surface area contributed by atoms with Crippen LogP contribution >= 0.6 is 0 Å². The number of halogens is 2. The van der Waals surface area contributed by atoms with Crippen LogP contribution in [0.1, 0.15) is 39.5 Å². The number of nitrogens with one attached hydrogen (secondary N) is 1. The van der Waals surface area contributed by atoms with Crippen LogP contribution in [0, 0.1) is 5.41 Å². The average Bonchev–Trinajstić information content (AvgIpc) is 2.30. The van der Waals surface area contributed by atoms with Gasteiger partial charge in [0.05, 0.1) is 0 Å². The number of hydrogen-bond acceptors (Lipinski definition) is 2. The van der Waals surface area contributed by atoms with E-state index in [-0.39, 0.29) is 5.75 Å². The van der Waals surface area contributed by atoms with Crippen molar-refractivity contribution in [3.63, 3.8) is 0 Å². The van der Waals surface area contributed by atoms with Crippen molar-refractivity contribution in [1.29, 1.82) is 0 Å². The lowest BCUT2D eigenvalue weighted by Gasteiger charge is -2.36. The quantitative estimate of drug-likeness (QED) is 0.857. The molecule has 0 bridgehead atoms. The van der Waals surface area contributed by atoms with Crippen LogP contribution in [0.4, 0.5) is 14.5 Å². The Bertz CT molecular complexity index is 403. The molecule has 0 aromatic heterocycles. The predicted molar refractivity (Wildman–Crippen MR) is 72.7 cm³/mol. The van der Waals surface area contributed by atoms with E-state index in [1.807, 2.05) is 0 Å². The summed E-state index contributed by atoms with van der Waals surface area (Å²) in [5, 5.41) is 3.47. The summed E-state index contributed by atoms with van der Waals surface area (Å²) < 4.78 is 28.4. The Kier molecular flexibility index (Phi) is 4.27. The number of anilines is 1. The van der Waals surface area contributed by atoms with E-state index in [4.69, 9.17) is 0 Å². The first-order valence-electron chi connectivity index (χ1n) is 6.76. The maximum Gasteiger partial charge on any atom is 0.387 e. The van der Waals surface area contributed by atoms with Crippen LogP contribution in [0.25, 0.3) is 0 Å². The molecule has 1 saturated carbocycles. The van der Waals surface area contributed by atoms with Gasteiger partial charge in [-0.15, -0.1) is 0 Å². The molecule has 0 spiro atoms. The van der Waals surface area contributed by atoms with E-state index in [0.29, 0.717) is 11.5 Å². The molecule has 1 aromatic carbocycles. The minimum atomic E-state index is -2.77. The summed E-state index contributed by atoms with van der Waals surface area (Å²) in [6.45, 7) is 1.82. The summed E-state index contributed by atoms with van der Waals surface area (Å²) >= 11 is 0. The van der Waals surface area contributed by atoms with Crippen molar-refractivity contribution < 1.29 is 13.5 Å². The molecule has 106 valence electrons. The Hall–Kier alpha value is -1.32. The largest absolute Gasteiger partial charge is 0.435 e. The van der Waals surface area contributed by atoms with Crippen LogP contribution in [0.5, 0.6) is 5.75 Å². The molecule has 1 fully saturated rings. The van der Waals surface area contributed by atoms with Crippen LogP contribution in [0.2, 0.25) is 0 Å². The molecule has 1 aromatic rings. The Morgan fingerprint density at radius 1 is 1.26 bits per heavy atom. The molecule has 19 heavy (non-hydrogen) atoms. The summed E-state index contributed by atoms with van der Waals surface area (Å²) in [5.74, 6) is 0.199. The molecule has 1 unspecified atom stereocenters. The lowest BCUT2D eigenvalue weighted by Crippen LogP contribution is -2.31. The van der Waals surface area contributed by atoms with Crippen LogP contribution in [-0.4, -0.2) is 12.7 Å². The standard InChI is InChI=1S/C15H21F2NO/c1-15(2)9-3-4-12(10-15)18-11-5-7-13(8-6-11)19-14(16)17/h5-8,12,14,18H,3-4,9-10H2,1-2H3. The maximum absolute atomic E-state index is 12.0. The second-order valence-electron chi connectivity index (χ2n) is 6.00. The smallest absolute Gasteiger partial charge is 0.387 e. The first-order chi connectivity index (χ1) is 8.94. The topological polar surface area (TPSA) is 21.3 Å². The van der Waals surface area contributed by atoms with Gasteiger partial charge >= 0.3 is 6.61 Å². The van der Waals surface area contributed by atoms with Gasteiger partial charge in [0.2, 0.25) is 0 Å². The molecule has 0 heterocycles. The second-order valence-corrected chi connectivity index (χ2v) is 6.00. The van der Waals surface area contributed by atoms with Gasteiger partial charge in [0.1, 0.15) is 5.75 Å². The predicted octanol–water partition coefficient (Wildman–Crippen LogP) is 4.67. The molecular formula is C15H21F2NO. The molecule has 2 nitrogen and oxygen atoms in total. The molecule has 4 heteroatoms. The van der Waals surface area contributed by atoms with E-state index >= 15 is 0 Å². The van der Waals surface area contributed by atoms with Crippen molar-refractivity contribution in [2.75, 3.05) is 5.32 Å². The first-order valence-corrected chi connectivity index (χ1v) is 6.76. The number of ether oxygens (including phenoxy) is 1. The summed E-state index contributed by atoms with van der Waals surface area (Å²) in [4.78, 5) is 0. The molecule has 1 atom stereocenters.